The summed E-state index contributed by atoms with van der Waals surface area (Å²) in [7, 11) is 0. The largest absolute Gasteiger partial charge is 0.467 e. The Morgan fingerprint density at radius 1 is 1.16 bits per heavy atom. The number of likely N-dealkylation sites (tertiary alicyclic amines) is 1. The summed E-state index contributed by atoms with van der Waals surface area (Å²) in [4.78, 5) is 26.5. The van der Waals surface area contributed by atoms with Crippen molar-refractivity contribution in [2.24, 2.45) is 5.92 Å². The zero-order valence-corrected chi connectivity index (χ0v) is 14.7. The Balaban J connectivity index is 1.43. The Kier molecular flexibility index (Phi) is 5.76. The van der Waals surface area contributed by atoms with Crippen LogP contribution in [0.3, 0.4) is 0 Å². The van der Waals surface area contributed by atoms with Crippen LogP contribution in [-0.4, -0.2) is 29.8 Å². The second-order valence-electron chi connectivity index (χ2n) is 6.26. The number of carbonyl (C=O) groups excluding carboxylic acids is 2. The van der Waals surface area contributed by atoms with E-state index in [1.165, 1.54) is 0 Å². The number of nitrogens with one attached hydrogen (secondary N) is 1. The first-order valence-corrected chi connectivity index (χ1v) is 8.82. The molecule has 1 aliphatic rings. The molecule has 2 amide bonds. The van der Waals surface area contributed by atoms with Crippen LogP contribution < -0.4 is 5.32 Å². The van der Waals surface area contributed by atoms with Crippen LogP contribution in [0.4, 0.5) is 0 Å². The predicted octanol–water partition coefficient (Wildman–Crippen LogP) is 3.03. The van der Waals surface area contributed by atoms with Gasteiger partial charge in [0.15, 0.2) is 0 Å². The van der Waals surface area contributed by atoms with Gasteiger partial charge in [-0.25, -0.2) is 0 Å². The lowest BCUT2D eigenvalue weighted by molar-refractivity contribution is -0.135. The van der Waals surface area contributed by atoms with Crippen molar-refractivity contribution in [3.05, 3.63) is 59.0 Å². The van der Waals surface area contributed by atoms with Crippen LogP contribution in [0.25, 0.3) is 0 Å². The molecule has 132 valence electrons. The number of benzene rings is 1. The van der Waals surface area contributed by atoms with Crippen molar-refractivity contribution >= 4 is 23.4 Å². The van der Waals surface area contributed by atoms with Crippen LogP contribution >= 0.6 is 11.6 Å². The number of amides is 2. The van der Waals surface area contributed by atoms with Gasteiger partial charge in [-0.1, -0.05) is 23.7 Å². The maximum Gasteiger partial charge on any atom is 0.226 e. The highest BCUT2D eigenvalue weighted by Gasteiger charge is 2.27. The van der Waals surface area contributed by atoms with Crippen molar-refractivity contribution in [3.63, 3.8) is 0 Å². The normalized spacial score (nSPS) is 15.2. The van der Waals surface area contributed by atoms with Crippen LogP contribution in [0.5, 0.6) is 0 Å². The van der Waals surface area contributed by atoms with E-state index in [1.54, 1.807) is 24.5 Å². The van der Waals surface area contributed by atoms with Crippen LogP contribution in [0.15, 0.2) is 47.1 Å². The average Bonchev–Trinajstić information content (AvgIpc) is 3.15. The average molecular weight is 361 g/mol. The second kappa shape index (κ2) is 8.21. The molecule has 25 heavy (non-hydrogen) atoms. The van der Waals surface area contributed by atoms with Gasteiger partial charge in [0.25, 0.3) is 0 Å². The van der Waals surface area contributed by atoms with E-state index >= 15 is 0 Å². The van der Waals surface area contributed by atoms with Crippen LogP contribution in [0.1, 0.15) is 24.2 Å². The van der Waals surface area contributed by atoms with Crippen molar-refractivity contribution < 1.29 is 14.0 Å². The Hall–Kier alpha value is -2.27. The maximum atomic E-state index is 12.4. The molecule has 1 N–H and O–H groups in total. The minimum atomic E-state index is -0.0467. The minimum Gasteiger partial charge on any atom is -0.467 e. The lowest BCUT2D eigenvalue weighted by Gasteiger charge is -2.31. The smallest absolute Gasteiger partial charge is 0.226 e. The van der Waals surface area contributed by atoms with E-state index in [2.05, 4.69) is 5.32 Å². The molecule has 5 nitrogen and oxygen atoms in total. The van der Waals surface area contributed by atoms with E-state index in [-0.39, 0.29) is 17.7 Å². The second-order valence-corrected chi connectivity index (χ2v) is 6.69. The van der Waals surface area contributed by atoms with Crippen molar-refractivity contribution in [1.82, 2.24) is 10.2 Å². The molecule has 0 spiro atoms. The summed E-state index contributed by atoms with van der Waals surface area (Å²) in [5.74, 6) is 0.816. The van der Waals surface area contributed by atoms with E-state index in [0.29, 0.717) is 43.9 Å². The molecule has 0 atom stereocenters. The van der Waals surface area contributed by atoms with E-state index in [4.69, 9.17) is 16.0 Å². The first-order chi connectivity index (χ1) is 12.1. The lowest BCUT2D eigenvalue weighted by Crippen LogP contribution is -2.43. The summed E-state index contributed by atoms with van der Waals surface area (Å²) < 4.78 is 5.21. The first-order valence-electron chi connectivity index (χ1n) is 8.44. The molecule has 1 saturated heterocycles. The molecule has 2 aromatic rings. The summed E-state index contributed by atoms with van der Waals surface area (Å²) in [6, 6.07) is 11.0. The molecule has 1 aromatic carbocycles. The Bertz CT molecular complexity index is 705. The Morgan fingerprint density at radius 3 is 2.52 bits per heavy atom. The first kappa shape index (κ1) is 17.5. The number of nitrogens with zero attached hydrogens (tertiary/aromatic N) is 1. The Morgan fingerprint density at radius 2 is 1.88 bits per heavy atom. The van der Waals surface area contributed by atoms with Crippen LogP contribution in [0, 0.1) is 5.92 Å². The quantitative estimate of drug-likeness (QED) is 0.891. The van der Waals surface area contributed by atoms with Gasteiger partial charge in [0.2, 0.25) is 11.8 Å². The Labute approximate surface area is 151 Å². The fourth-order valence-electron chi connectivity index (χ4n) is 3.01. The summed E-state index contributed by atoms with van der Waals surface area (Å²) >= 11 is 5.86. The van der Waals surface area contributed by atoms with E-state index < -0.39 is 0 Å². The highest BCUT2D eigenvalue weighted by molar-refractivity contribution is 6.30. The molecular weight excluding hydrogens is 340 g/mol. The summed E-state index contributed by atoms with van der Waals surface area (Å²) in [5, 5.41) is 3.56. The zero-order valence-electron chi connectivity index (χ0n) is 13.9. The highest BCUT2D eigenvalue weighted by Crippen LogP contribution is 2.19. The summed E-state index contributed by atoms with van der Waals surface area (Å²) in [6.07, 6.45) is 3.34. The molecule has 1 aromatic heterocycles. The van der Waals surface area contributed by atoms with Crippen molar-refractivity contribution in [3.8, 4) is 0 Å². The number of hydrogen-bond donors (Lipinski definition) is 1. The number of furan rings is 1. The number of halogens is 1. The maximum absolute atomic E-state index is 12.4. The predicted molar refractivity (Wildman–Crippen MR) is 95.0 cm³/mol. The highest BCUT2D eigenvalue weighted by atomic mass is 35.5. The molecule has 0 aliphatic carbocycles. The summed E-state index contributed by atoms with van der Waals surface area (Å²) in [5.41, 5.74) is 0.952. The third kappa shape index (κ3) is 4.86. The van der Waals surface area contributed by atoms with Gasteiger partial charge >= 0.3 is 0 Å². The SMILES string of the molecule is O=C(NCc1ccco1)C1CCN(C(=O)Cc2ccc(Cl)cc2)CC1. The molecule has 3 rings (SSSR count). The number of rotatable bonds is 5. The lowest BCUT2D eigenvalue weighted by atomic mass is 9.95. The van der Waals surface area contributed by atoms with Gasteiger partial charge < -0.3 is 14.6 Å². The molecule has 1 fully saturated rings. The third-order valence-electron chi connectivity index (χ3n) is 4.50. The molecule has 1 aliphatic heterocycles. The fraction of sp³-hybridized carbons (Fsp3) is 0.368. The molecule has 6 heteroatoms. The standard InChI is InChI=1S/C19H21ClN2O3/c20-16-5-3-14(4-6-16)12-18(23)22-9-7-15(8-10-22)19(24)21-13-17-2-1-11-25-17/h1-6,11,15H,7-10,12-13H2,(H,21,24). The van der Waals surface area contributed by atoms with Gasteiger partial charge in [-0.3, -0.25) is 9.59 Å². The van der Waals surface area contributed by atoms with Crippen molar-refractivity contribution in [2.45, 2.75) is 25.8 Å². The van der Waals surface area contributed by atoms with Gasteiger partial charge in [0, 0.05) is 24.0 Å². The molecule has 0 saturated carbocycles. The van der Waals surface area contributed by atoms with Gasteiger partial charge in [0.05, 0.1) is 19.2 Å². The molecule has 0 bridgehead atoms. The van der Waals surface area contributed by atoms with E-state index in [1.807, 2.05) is 23.1 Å². The topological polar surface area (TPSA) is 62.6 Å². The molecule has 2 heterocycles. The summed E-state index contributed by atoms with van der Waals surface area (Å²) in [6.45, 7) is 1.64. The minimum absolute atomic E-state index is 0.0289. The van der Waals surface area contributed by atoms with Gasteiger partial charge in [-0.15, -0.1) is 0 Å². The van der Waals surface area contributed by atoms with Gasteiger partial charge in [-0.2, -0.15) is 0 Å². The molecular formula is C19H21ClN2O3. The number of hydrogen-bond acceptors (Lipinski definition) is 3. The molecule has 0 unspecified atom stereocenters. The zero-order chi connectivity index (χ0) is 17.6. The van der Waals surface area contributed by atoms with Gasteiger partial charge in [0.1, 0.15) is 5.76 Å². The molecule has 0 radical (unpaired) electrons. The van der Waals surface area contributed by atoms with Crippen molar-refractivity contribution in [1.29, 1.82) is 0 Å². The van der Waals surface area contributed by atoms with E-state index in [0.717, 1.165) is 11.3 Å². The van der Waals surface area contributed by atoms with Crippen LogP contribution in [0.2, 0.25) is 5.02 Å². The van der Waals surface area contributed by atoms with Crippen molar-refractivity contribution in [2.75, 3.05) is 13.1 Å². The van der Waals surface area contributed by atoms with Crippen LogP contribution in [-0.2, 0) is 22.6 Å². The van der Waals surface area contributed by atoms with Gasteiger partial charge in [-0.05, 0) is 42.7 Å². The fourth-order valence-corrected chi connectivity index (χ4v) is 3.14. The number of piperidine rings is 1. The third-order valence-corrected chi connectivity index (χ3v) is 4.76. The van der Waals surface area contributed by atoms with E-state index in [9.17, 15) is 9.59 Å². The monoisotopic (exact) mass is 360 g/mol. The number of carbonyl (C=O) groups is 2.